The second-order valence-corrected chi connectivity index (χ2v) is 10.9. The first kappa shape index (κ1) is 29.7. The van der Waals surface area contributed by atoms with Gasteiger partial charge in [0, 0.05) is 18.7 Å². The van der Waals surface area contributed by atoms with Crippen LogP contribution in [0.1, 0.15) is 88.9 Å². The van der Waals surface area contributed by atoms with Crippen LogP contribution in [0.5, 0.6) is 11.5 Å². The predicted octanol–water partition coefficient (Wildman–Crippen LogP) is 4.79. The molecule has 8 nitrogen and oxygen atoms in total. The molecule has 9 heteroatoms. The summed E-state index contributed by atoms with van der Waals surface area (Å²) in [6, 6.07) is 2.21. The van der Waals surface area contributed by atoms with Crippen LogP contribution in [0.3, 0.4) is 0 Å². The van der Waals surface area contributed by atoms with Gasteiger partial charge in [-0.25, -0.2) is 4.39 Å². The van der Waals surface area contributed by atoms with E-state index in [4.69, 9.17) is 14.2 Å². The van der Waals surface area contributed by atoms with E-state index >= 15 is 0 Å². The quantitative estimate of drug-likeness (QED) is 0.396. The summed E-state index contributed by atoms with van der Waals surface area (Å²) >= 11 is 0. The molecular weight excluding hydrogens is 491 g/mol. The molecule has 3 rings (SSSR count). The van der Waals surface area contributed by atoms with E-state index in [1.54, 1.807) is 0 Å². The molecule has 2 amide bonds. The average Bonchev–Trinajstić information content (AvgIpc) is 3.38. The Morgan fingerprint density at radius 2 is 1.74 bits per heavy atom. The van der Waals surface area contributed by atoms with Gasteiger partial charge in [-0.05, 0) is 57.4 Å². The molecule has 1 aromatic carbocycles. The molecule has 1 aromatic rings. The number of nitrogens with one attached hydrogen (secondary N) is 2. The third-order valence-electron chi connectivity index (χ3n) is 8.40. The van der Waals surface area contributed by atoms with Gasteiger partial charge in [0.1, 0.15) is 5.75 Å². The Balaban J connectivity index is 1.68. The molecule has 2 aliphatic carbocycles. The van der Waals surface area contributed by atoms with Gasteiger partial charge >= 0.3 is 5.97 Å². The number of carbonyl (C=O) groups is 3. The molecular formula is C29H43FN2O6. The number of benzene rings is 1. The van der Waals surface area contributed by atoms with Gasteiger partial charge in [0.2, 0.25) is 5.91 Å². The minimum Gasteiger partial charge on any atom is -0.496 e. The monoisotopic (exact) mass is 534 g/mol. The molecule has 0 bridgehead atoms. The van der Waals surface area contributed by atoms with Crippen molar-refractivity contribution < 1.29 is 33.0 Å². The zero-order chi connectivity index (χ0) is 27.9. The van der Waals surface area contributed by atoms with E-state index < -0.39 is 17.1 Å². The van der Waals surface area contributed by atoms with Crippen LogP contribution in [-0.2, 0) is 14.3 Å². The van der Waals surface area contributed by atoms with Crippen LogP contribution in [0, 0.1) is 23.1 Å². The number of amides is 2. The minimum absolute atomic E-state index is 0.0338. The molecule has 212 valence electrons. The topological polar surface area (TPSA) is 103 Å². The van der Waals surface area contributed by atoms with Crippen LogP contribution in [0.4, 0.5) is 4.39 Å². The van der Waals surface area contributed by atoms with Gasteiger partial charge < -0.3 is 24.8 Å². The summed E-state index contributed by atoms with van der Waals surface area (Å²) in [4.78, 5) is 38.3. The molecule has 0 spiro atoms. The number of hydrogen-bond donors (Lipinski definition) is 2. The first-order chi connectivity index (χ1) is 18.1. The molecule has 0 aromatic heterocycles. The van der Waals surface area contributed by atoms with Gasteiger partial charge in [0.15, 0.2) is 11.6 Å². The Labute approximate surface area is 225 Å². The molecule has 2 saturated carbocycles. The largest absolute Gasteiger partial charge is 0.496 e. The zero-order valence-electron chi connectivity index (χ0n) is 23.4. The lowest BCUT2D eigenvalue weighted by Crippen LogP contribution is -2.45. The number of rotatable bonds is 11. The molecule has 0 aliphatic heterocycles. The highest BCUT2D eigenvalue weighted by Crippen LogP contribution is 2.39. The second-order valence-electron chi connectivity index (χ2n) is 10.9. The Hall–Kier alpha value is -2.84. The van der Waals surface area contributed by atoms with Crippen molar-refractivity contribution in [3.63, 3.8) is 0 Å². The maximum absolute atomic E-state index is 14.9. The summed E-state index contributed by atoms with van der Waals surface area (Å²) in [5, 5.41) is 6.04. The van der Waals surface area contributed by atoms with Crippen molar-refractivity contribution in [2.24, 2.45) is 17.3 Å². The van der Waals surface area contributed by atoms with Crippen molar-refractivity contribution in [3.05, 3.63) is 23.5 Å². The average molecular weight is 535 g/mol. The van der Waals surface area contributed by atoms with Crippen LogP contribution < -0.4 is 20.1 Å². The fraction of sp³-hybridized carbons (Fsp3) is 0.690. The van der Waals surface area contributed by atoms with Crippen molar-refractivity contribution in [1.29, 1.82) is 0 Å². The van der Waals surface area contributed by atoms with Crippen molar-refractivity contribution >= 4 is 17.8 Å². The highest BCUT2D eigenvalue weighted by Gasteiger charge is 2.39. The van der Waals surface area contributed by atoms with Crippen LogP contribution in [0.25, 0.3) is 0 Å². The predicted molar refractivity (Wildman–Crippen MR) is 142 cm³/mol. The van der Waals surface area contributed by atoms with E-state index in [-0.39, 0.29) is 47.0 Å². The van der Waals surface area contributed by atoms with Gasteiger partial charge in [0.25, 0.3) is 5.91 Å². The van der Waals surface area contributed by atoms with Gasteiger partial charge in [-0.2, -0.15) is 0 Å². The van der Waals surface area contributed by atoms with E-state index in [0.717, 1.165) is 25.3 Å². The lowest BCUT2D eigenvalue weighted by molar-refractivity contribution is -0.154. The Kier molecular flexibility index (Phi) is 10.4. The molecule has 0 saturated heterocycles. The Morgan fingerprint density at radius 3 is 2.34 bits per heavy atom. The molecule has 2 aliphatic rings. The normalized spacial score (nSPS) is 25.1. The Bertz CT molecular complexity index is 988. The maximum atomic E-state index is 14.9. The van der Waals surface area contributed by atoms with Gasteiger partial charge in [-0.15, -0.1) is 0 Å². The van der Waals surface area contributed by atoms with Crippen LogP contribution >= 0.6 is 0 Å². The van der Waals surface area contributed by atoms with E-state index in [9.17, 15) is 18.8 Å². The summed E-state index contributed by atoms with van der Waals surface area (Å²) in [6.45, 7) is 6.73. The lowest BCUT2D eigenvalue weighted by Gasteiger charge is -2.35. The van der Waals surface area contributed by atoms with E-state index in [1.807, 2.05) is 6.92 Å². The fourth-order valence-corrected chi connectivity index (χ4v) is 5.59. The molecule has 2 fully saturated rings. The number of esters is 1. The number of carbonyl (C=O) groups excluding carboxylic acids is 3. The first-order valence-corrected chi connectivity index (χ1v) is 13.9. The SMILES string of the molecule is CCC(CC)CNC(=O)[C@H]1CCC[C@H]1NC(=O)c1cc(O[C@H]2CC[C@@](C)(C(=O)OC)CC2)c(F)cc1OC. The fourth-order valence-electron chi connectivity index (χ4n) is 5.59. The van der Waals surface area contributed by atoms with E-state index in [2.05, 4.69) is 24.5 Å². The summed E-state index contributed by atoms with van der Waals surface area (Å²) in [7, 11) is 2.76. The number of hydrogen-bond acceptors (Lipinski definition) is 6. The standard InChI is InChI=1S/C29H43FN2O6/c1-6-18(7-2)17-31-26(33)20-9-8-10-23(20)32-27(34)21-15-25(22(30)16-24(21)36-4)38-19-11-13-29(3,14-12-19)28(35)37-5/h15-16,18-20,23H,6-14,17H2,1-5H3,(H,31,33)(H,32,34)/t19-,20-,23+,29+/m0/s1. The molecule has 0 unspecified atom stereocenters. The molecule has 2 atom stereocenters. The highest BCUT2D eigenvalue weighted by molar-refractivity contribution is 5.98. The van der Waals surface area contributed by atoms with E-state index in [0.29, 0.717) is 51.0 Å². The molecule has 2 N–H and O–H groups in total. The minimum atomic E-state index is -0.626. The molecule has 38 heavy (non-hydrogen) atoms. The summed E-state index contributed by atoms with van der Waals surface area (Å²) in [6.07, 6.45) is 6.23. The maximum Gasteiger partial charge on any atom is 0.311 e. The van der Waals surface area contributed by atoms with Crippen molar-refractivity contribution in [3.8, 4) is 11.5 Å². The van der Waals surface area contributed by atoms with Crippen LogP contribution in [0.15, 0.2) is 12.1 Å². The molecule has 0 radical (unpaired) electrons. The number of ether oxygens (including phenoxy) is 3. The van der Waals surface area contributed by atoms with Crippen molar-refractivity contribution in [2.75, 3.05) is 20.8 Å². The summed E-state index contributed by atoms with van der Waals surface area (Å²) in [5.41, 5.74) is -0.418. The smallest absolute Gasteiger partial charge is 0.311 e. The lowest BCUT2D eigenvalue weighted by atomic mass is 9.75. The number of methoxy groups -OCH3 is 2. The molecule has 0 heterocycles. The van der Waals surface area contributed by atoms with Gasteiger partial charge in [-0.3, -0.25) is 14.4 Å². The van der Waals surface area contributed by atoms with Crippen LogP contribution in [0.2, 0.25) is 0 Å². The van der Waals surface area contributed by atoms with Gasteiger partial charge in [-0.1, -0.05) is 33.1 Å². The van der Waals surface area contributed by atoms with Gasteiger partial charge in [0.05, 0.1) is 37.2 Å². The third kappa shape index (κ3) is 6.97. The van der Waals surface area contributed by atoms with Crippen LogP contribution in [-0.4, -0.2) is 50.7 Å². The first-order valence-electron chi connectivity index (χ1n) is 13.9. The van der Waals surface area contributed by atoms with Crippen molar-refractivity contribution in [1.82, 2.24) is 10.6 Å². The number of halogens is 1. The van der Waals surface area contributed by atoms with E-state index in [1.165, 1.54) is 20.3 Å². The Morgan fingerprint density at radius 1 is 1.05 bits per heavy atom. The summed E-state index contributed by atoms with van der Waals surface area (Å²) in [5.74, 6) is -1.14. The van der Waals surface area contributed by atoms with Crippen molar-refractivity contribution in [2.45, 2.75) is 90.7 Å². The second kappa shape index (κ2) is 13.3. The summed E-state index contributed by atoms with van der Waals surface area (Å²) < 4.78 is 31.1. The third-order valence-corrected chi connectivity index (χ3v) is 8.40. The highest BCUT2D eigenvalue weighted by atomic mass is 19.1. The zero-order valence-corrected chi connectivity index (χ0v) is 23.4.